The molecule has 6 nitrogen and oxygen atoms in total. The van der Waals surface area contributed by atoms with Gasteiger partial charge in [-0.1, -0.05) is 49.1 Å². The second-order valence-corrected chi connectivity index (χ2v) is 9.85. The molecule has 1 aliphatic rings. The van der Waals surface area contributed by atoms with Crippen molar-refractivity contribution in [2.24, 2.45) is 0 Å². The van der Waals surface area contributed by atoms with Gasteiger partial charge in [0.2, 0.25) is 10.0 Å². The lowest BCUT2D eigenvalue weighted by Gasteiger charge is -2.23. The topological polar surface area (TPSA) is 88.4 Å². The van der Waals surface area contributed by atoms with Gasteiger partial charge in [0.05, 0.1) is 16.2 Å². The Balaban J connectivity index is 1.81. The second-order valence-electron chi connectivity index (χ2n) is 7.76. The zero-order chi connectivity index (χ0) is 21.5. The van der Waals surface area contributed by atoms with Crippen molar-refractivity contribution in [3.63, 3.8) is 0 Å². The van der Waals surface area contributed by atoms with Gasteiger partial charge >= 0.3 is 6.09 Å². The van der Waals surface area contributed by atoms with Gasteiger partial charge in [0.1, 0.15) is 4.90 Å². The third-order valence-electron chi connectivity index (χ3n) is 5.70. The smallest absolute Gasteiger partial charge is 0.416 e. The quantitative estimate of drug-likeness (QED) is 0.561. The molecule has 1 saturated carbocycles. The Morgan fingerprint density at radius 1 is 1.13 bits per heavy atom. The molecule has 30 heavy (non-hydrogen) atoms. The van der Waals surface area contributed by atoms with Crippen LogP contribution in [0.1, 0.15) is 37.7 Å². The minimum absolute atomic E-state index is 0.0360. The summed E-state index contributed by atoms with van der Waals surface area (Å²) in [5.74, 6) is 0. The van der Waals surface area contributed by atoms with E-state index < -0.39 is 16.1 Å². The summed E-state index contributed by atoms with van der Waals surface area (Å²) in [6.45, 7) is 1.91. The van der Waals surface area contributed by atoms with E-state index in [9.17, 15) is 18.3 Å². The molecule has 0 aliphatic heterocycles. The Labute approximate surface area is 180 Å². The number of aryl methyl sites for hydroxylation is 1. The van der Waals surface area contributed by atoms with E-state index in [4.69, 9.17) is 11.6 Å². The first kappa shape index (κ1) is 20.9. The summed E-state index contributed by atoms with van der Waals surface area (Å²) >= 11 is 6.25. The minimum atomic E-state index is -3.83. The molecule has 3 aromatic rings. The number of sulfonamides is 1. The first-order chi connectivity index (χ1) is 14.3. The number of carboxylic acid groups (broad SMARTS) is 1. The first-order valence-electron chi connectivity index (χ1n) is 9.94. The number of hydrogen-bond donors (Lipinski definition) is 2. The highest BCUT2D eigenvalue weighted by atomic mass is 35.5. The SMILES string of the molecule is Cc1cccc2c1cc(-c1ccc(Cl)c(S(=O)(=O)NC3CCCCC3)c1)n2C(=O)O. The van der Waals surface area contributed by atoms with E-state index >= 15 is 0 Å². The maximum atomic E-state index is 13.0. The fraction of sp³-hybridized carbons (Fsp3) is 0.318. The average molecular weight is 447 g/mol. The first-order valence-corrected chi connectivity index (χ1v) is 11.8. The second kappa shape index (κ2) is 8.06. The molecule has 8 heteroatoms. The van der Waals surface area contributed by atoms with Gasteiger partial charge in [0.15, 0.2) is 0 Å². The number of rotatable bonds is 4. The van der Waals surface area contributed by atoms with E-state index in [0.717, 1.165) is 43.1 Å². The van der Waals surface area contributed by atoms with Gasteiger partial charge in [-0.3, -0.25) is 0 Å². The van der Waals surface area contributed by atoms with Gasteiger partial charge in [0.25, 0.3) is 0 Å². The maximum Gasteiger partial charge on any atom is 0.416 e. The Morgan fingerprint density at radius 2 is 1.87 bits per heavy atom. The van der Waals surface area contributed by atoms with E-state index in [1.54, 1.807) is 24.3 Å². The average Bonchev–Trinajstić information content (AvgIpc) is 3.10. The molecule has 1 aliphatic carbocycles. The summed E-state index contributed by atoms with van der Waals surface area (Å²) in [4.78, 5) is 12.0. The normalized spacial score (nSPS) is 15.5. The molecule has 1 aromatic heterocycles. The lowest BCUT2D eigenvalue weighted by Crippen LogP contribution is -2.36. The molecule has 0 unspecified atom stereocenters. The Hall–Kier alpha value is -2.35. The molecule has 1 fully saturated rings. The number of aromatic nitrogens is 1. The standard InChI is InChI=1S/C22H23ClN2O4S/c1-14-6-5-9-19-17(14)13-20(25(19)22(26)27)15-10-11-18(23)21(12-15)30(28,29)24-16-7-3-2-4-8-16/h5-6,9-13,16,24H,2-4,7-8H2,1H3,(H,26,27). The Bertz CT molecular complexity index is 1230. The fourth-order valence-electron chi connectivity index (χ4n) is 4.17. The van der Waals surface area contributed by atoms with Gasteiger partial charge in [-0.15, -0.1) is 0 Å². The lowest BCUT2D eigenvalue weighted by molar-refractivity contribution is 0.198. The van der Waals surface area contributed by atoms with Crippen LogP contribution in [-0.2, 0) is 10.0 Å². The molecular formula is C22H23ClN2O4S. The molecule has 2 aromatic carbocycles. The summed E-state index contributed by atoms with van der Waals surface area (Å²) in [6, 6.07) is 11.7. The third kappa shape index (κ3) is 3.85. The van der Waals surface area contributed by atoms with Crippen LogP contribution in [0.4, 0.5) is 4.79 Å². The van der Waals surface area contributed by atoms with Crippen molar-refractivity contribution in [2.75, 3.05) is 0 Å². The van der Waals surface area contributed by atoms with Gasteiger partial charge in [0, 0.05) is 17.0 Å². The van der Waals surface area contributed by atoms with Gasteiger partial charge in [-0.05, 0) is 49.6 Å². The summed E-state index contributed by atoms with van der Waals surface area (Å²) in [6.07, 6.45) is 3.60. The fourth-order valence-corrected chi connectivity index (χ4v) is 6.00. The van der Waals surface area contributed by atoms with Crippen molar-refractivity contribution in [1.29, 1.82) is 0 Å². The van der Waals surface area contributed by atoms with Crippen LogP contribution in [0.3, 0.4) is 0 Å². The van der Waals surface area contributed by atoms with Gasteiger partial charge in [-0.25, -0.2) is 22.5 Å². The summed E-state index contributed by atoms with van der Waals surface area (Å²) in [7, 11) is -3.83. The molecule has 158 valence electrons. The molecule has 0 spiro atoms. The lowest BCUT2D eigenvalue weighted by atomic mass is 9.96. The highest BCUT2D eigenvalue weighted by Gasteiger charge is 2.25. The van der Waals surface area contributed by atoms with E-state index in [0.29, 0.717) is 16.8 Å². The number of fused-ring (bicyclic) bond motifs is 1. The number of nitrogens with one attached hydrogen (secondary N) is 1. The van der Waals surface area contributed by atoms with Crippen molar-refractivity contribution < 1.29 is 18.3 Å². The number of carbonyl (C=O) groups is 1. The van der Waals surface area contributed by atoms with Crippen LogP contribution in [0.2, 0.25) is 5.02 Å². The van der Waals surface area contributed by atoms with Crippen LogP contribution in [0.25, 0.3) is 22.2 Å². The number of halogens is 1. The highest BCUT2D eigenvalue weighted by molar-refractivity contribution is 7.89. The largest absolute Gasteiger partial charge is 0.464 e. The van der Waals surface area contributed by atoms with Crippen LogP contribution in [0.15, 0.2) is 47.4 Å². The van der Waals surface area contributed by atoms with E-state index in [1.807, 2.05) is 13.0 Å². The maximum absolute atomic E-state index is 13.0. The monoisotopic (exact) mass is 446 g/mol. The molecule has 0 saturated heterocycles. The Kier molecular flexibility index (Phi) is 5.61. The van der Waals surface area contributed by atoms with E-state index in [-0.39, 0.29) is 16.0 Å². The number of benzene rings is 2. The summed E-state index contributed by atoms with van der Waals surface area (Å²) in [5.41, 5.74) is 2.37. The van der Waals surface area contributed by atoms with Crippen molar-refractivity contribution >= 4 is 38.6 Å². The molecule has 1 heterocycles. The van der Waals surface area contributed by atoms with Crippen molar-refractivity contribution in [3.8, 4) is 11.3 Å². The number of nitrogens with zero attached hydrogens (tertiary/aromatic N) is 1. The predicted molar refractivity (Wildman–Crippen MR) is 118 cm³/mol. The van der Waals surface area contributed by atoms with Crippen molar-refractivity contribution in [3.05, 3.63) is 53.1 Å². The molecular weight excluding hydrogens is 424 g/mol. The van der Waals surface area contributed by atoms with Crippen LogP contribution in [-0.4, -0.2) is 30.2 Å². The molecule has 2 N–H and O–H groups in total. The summed E-state index contributed by atoms with van der Waals surface area (Å²) < 4.78 is 30.0. The van der Waals surface area contributed by atoms with Crippen molar-refractivity contribution in [2.45, 2.75) is 50.0 Å². The van der Waals surface area contributed by atoms with Crippen LogP contribution in [0.5, 0.6) is 0 Å². The minimum Gasteiger partial charge on any atom is -0.464 e. The Morgan fingerprint density at radius 3 is 2.57 bits per heavy atom. The van der Waals surface area contributed by atoms with E-state index in [1.165, 1.54) is 16.7 Å². The zero-order valence-corrected chi connectivity index (χ0v) is 18.1. The molecule has 0 atom stereocenters. The zero-order valence-electron chi connectivity index (χ0n) is 16.6. The van der Waals surface area contributed by atoms with Crippen LogP contribution in [0, 0.1) is 6.92 Å². The molecule has 0 amide bonds. The molecule has 4 rings (SSSR count). The third-order valence-corrected chi connectivity index (χ3v) is 7.70. The van der Waals surface area contributed by atoms with Crippen LogP contribution < -0.4 is 4.72 Å². The van der Waals surface area contributed by atoms with E-state index in [2.05, 4.69) is 4.72 Å². The molecule has 0 bridgehead atoms. The van der Waals surface area contributed by atoms with Crippen molar-refractivity contribution in [1.82, 2.24) is 9.29 Å². The predicted octanol–water partition coefficient (Wildman–Crippen LogP) is 5.41. The number of hydrogen-bond acceptors (Lipinski definition) is 3. The van der Waals surface area contributed by atoms with Crippen LogP contribution >= 0.6 is 11.6 Å². The molecule has 0 radical (unpaired) electrons. The van der Waals surface area contributed by atoms with Gasteiger partial charge < -0.3 is 5.11 Å². The highest BCUT2D eigenvalue weighted by Crippen LogP contribution is 2.33. The van der Waals surface area contributed by atoms with Gasteiger partial charge in [-0.2, -0.15) is 0 Å². The summed E-state index contributed by atoms with van der Waals surface area (Å²) in [5, 5.41) is 10.7.